The van der Waals surface area contributed by atoms with Crippen LogP contribution in [0.15, 0.2) is 55.3 Å². The second-order valence-electron chi connectivity index (χ2n) is 5.76. The summed E-state index contributed by atoms with van der Waals surface area (Å²) in [5, 5.41) is 9.89. The van der Waals surface area contributed by atoms with Crippen LogP contribution >= 0.6 is 0 Å². The molecule has 1 atom stereocenters. The van der Waals surface area contributed by atoms with E-state index in [1.807, 2.05) is 48.0 Å². The lowest BCUT2D eigenvalue weighted by Crippen LogP contribution is -2.32. The molecule has 0 unspecified atom stereocenters. The summed E-state index contributed by atoms with van der Waals surface area (Å²) in [4.78, 5) is 2.15. The summed E-state index contributed by atoms with van der Waals surface area (Å²) in [6, 6.07) is 10.9. The smallest absolute Gasteiger partial charge is 0.128 e. The molecule has 0 radical (unpaired) electrons. The molecule has 0 amide bonds. The van der Waals surface area contributed by atoms with Crippen LogP contribution in [0.3, 0.4) is 0 Å². The van der Waals surface area contributed by atoms with E-state index >= 15 is 0 Å². The van der Waals surface area contributed by atoms with Crippen molar-refractivity contribution in [3.8, 4) is 0 Å². The summed E-state index contributed by atoms with van der Waals surface area (Å²) in [7, 11) is 0. The van der Waals surface area contributed by atoms with Crippen molar-refractivity contribution in [2.45, 2.75) is 32.5 Å². The zero-order valence-electron chi connectivity index (χ0n) is 13.7. The van der Waals surface area contributed by atoms with E-state index in [-0.39, 0.29) is 11.9 Å². The van der Waals surface area contributed by atoms with Crippen molar-refractivity contribution in [3.63, 3.8) is 0 Å². The maximum Gasteiger partial charge on any atom is 0.128 e. The number of hydrogen-bond acceptors (Lipinski definition) is 2. The van der Waals surface area contributed by atoms with Crippen molar-refractivity contribution in [2.24, 2.45) is 0 Å². The zero-order valence-corrected chi connectivity index (χ0v) is 13.7. The van der Waals surface area contributed by atoms with Crippen LogP contribution in [0.2, 0.25) is 0 Å². The van der Waals surface area contributed by atoms with Gasteiger partial charge in [0.05, 0.1) is 12.6 Å². The van der Waals surface area contributed by atoms with E-state index < -0.39 is 0 Å². The molecule has 0 bridgehead atoms. The Morgan fingerprint density at radius 3 is 2.78 bits per heavy atom. The first kappa shape index (κ1) is 17.4. The number of benzene rings is 1. The lowest BCUT2D eigenvalue weighted by Gasteiger charge is -2.24. The van der Waals surface area contributed by atoms with Gasteiger partial charge in [-0.15, -0.1) is 6.58 Å². The molecular formula is C19H25FN2O. The predicted molar refractivity (Wildman–Crippen MR) is 91.7 cm³/mol. The summed E-state index contributed by atoms with van der Waals surface area (Å²) in [6.07, 6.45) is 4.19. The molecule has 3 nitrogen and oxygen atoms in total. The molecule has 124 valence electrons. The highest BCUT2D eigenvalue weighted by Gasteiger charge is 2.12. The number of rotatable bonds is 9. The van der Waals surface area contributed by atoms with Crippen LogP contribution in [0.4, 0.5) is 4.39 Å². The Morgan fingerprint density at radius 2 is 2.09 bits per heavy atom. The van der Waals surface area contributed by atoms with Gasteiger partial charge in [-0.05, 0) is 24.6 Å². The number of hydrogen-bond donors (Lipinski definition) is 1. The summed E-state index contributed by atoms with van der Waals surface area (Å²) in [6.45, 7) is 8.28. The Balaban J connectivity index is 2.10. The van der Waals surface area contributed by atoms with E-state index in [4.69, 9.17) is 0 Å². The third kappa shape index (κ3) is 5.05. The van der Waals surface area contributed by atoms with Crippen molar-refractivity contribution < 1.29 is 9.50 Å². The van der Waals surface area contributed by atoms with Crippen molar-refractivity contribution >= 4 is 0 Å². The number of aromatic nitrogens is 1. The van der Waals surface area contributed by atoms with Crippen LogP contribution in [0.1, 0.15) is 24.6 Å². The molecule has 23 heavy (non-hydrogen) atoms. The Morgan fingerprint density at radius 1 is 1.30 bits per heavy atom. The molecule has 0 aliphatic rings. The molecule has 0 aliphatic carbocycles. The van der Waals surface area contributed by atoms with Gasteiger partial charge < -0.3 is 9.67 Å². The van der Waals surface area contributed by atoms with Crippen LogP contribution in [0.5, 0.6) is 0 Å². The standard InChI is InChI=1S/C19H25FN2O/c1-3-11-21(15-18(23)4-2)14-17-9-7-12-22(17)13-16-8-5-6-10-19(16)20/h3,5-10,12,18,23H,1,4,11,13-15H2,2H3/t18-/m1/s1. The SMILES string of the molecule is C=CCN(Cc1cccn1Cc1ccccc1F)C[C@H](O)CC. The average molecular weight is 316 g/mol. The number of halogens is 1. The first-order valence-electron chi connectivity index (χ1n) is 8.02. The van der Waals surface area contributed by atoms with Gasteiger partial charge >= 0.3 is 0 Å². The molecular weight excluding hydrogens is 291 g/mol. The van der Waals surface area contributed by atoms with E-state index in [1.54, 1.807) is 6.07 Å². The second-order valence-corrected chi connectivity index (χ2v) is 5.76. The van der Waals surface area contributed by atoms with Crippen molar-refractivity contribution in [3.05, 3.63) is 72.3 Å². The quantitative estimate of drug-likeness (QED) is 0.718. The van der Waals surface area contributed by atoms with Crippen LogP contribution in [-0.4, -0.2) is 33.8 Å². The van der Waals surface area contributed by atoms with Gasteiger partial charge in [-0.3, -0.25) is 4.90 Å². The van der Waals surface area contributed by atoms with Gasteiger partial charge in [0.2, 0.25) is 0 Å². The van der Waals surface area contributed by atoms with Gasteiger partial charge in [0.1, 0.15) is 5.82 Å². The monoisotopic (exact) mass is 316 g/mol. The largest absolute Gasteiger partial charge is 0.392 e. The highest BCUT2D eigenvalue weighted by atomic mass is 19.1. The fourth-order valence-electron chi connectivity index (χ4n) is 2.60. The zero-order chi connectivity index (χ0) is 16.7. The minimum Gasteiger partial charge on any atom is -0.392 e. The van der Waals surface area contributed by atoms with E-state index in [9.17, 15) is 9.50 Å². The van der Waals surface area contributed by atoms with Gasteiger partial charge in [-0.1, -0.05) is 31.2 Å². The third-order valence-electron chi connectivity index (χ3n) is 3.94. The molecule has 1 aromatic heterocycles. The summed E-state index contributed by atoms with van der Waals surface area (Å²) >= 11 is 0. The maximum atomic E-state index is 13.8. The Bertz CT molecular complexity index is 623. The van der Waals surface area contributed by atoms with Gasteiger partial charge in [-0.25, -0.2) is 4.39 Å². The minimum absolute atomic E-state index is 0.184. The van der Waals surface area contributed by atoms with E-state index in [0.717, 1.165) is 12.1 Å². The number of nitrogens with zero attached hydrogens (tertiary/aromatic N) is 2. The molecule has 1 N–H and O–H groups in total. The Labute approximate surface area is 137 Å². The van der Waals surface area contributed by atoms with Crippen molar-refractivity contribution in [2.75, 3.05) is 13.1 Å². The van der Waals surface area contributed by atoms with Crippen molar-refractivity contribution in [1.82, 2.24) is 9.47 Å². The van der Waals surface area contributed by atoms with E-state index in [1.165, 1.54) is 6.07 Å². The molecule has 1 aromatic carbocycles. The normalized spacial score (nSPS) is 12.5. The molecule has 0 saturated carbocycles. The van der Waals surface area contributed by atoms with Gasteiger partial charge in [0.25, 0.3) is 0 Å². The molecule has 1 heterocycles. The molecule has 0 spiro atoms. The predicted octanol–water partition coefficient (Wildman–Crippen LogP) is 3.43. The van der Waals surface area contributed by atoms with Crippen LogP contribution in [0, 0.1) is 5.82 Å². The lowest BCUT2D eigenvalue weighted by atomic mass is 10.2. The summed E-state index contributed by atoms with van der Waals surface area (Å²) in [5.41, 5.74) is 1.77. The highest BCUT2D eigenvalue weighted by Crippen LogP contribution is 2.13. The third-order valence-corrected chi connectivity index (χ3v) is 3.94. The first-order valence-corrected chi connectivity index (χ1v) is 8.02. The van der Waals surface area contributed by atoms with Gasteiger partial charge in [-0.2, -0.15) is 0 Å². The van der Waals surface area contributed by atoms with Gasteiger partial charge in [0.15, 0.2) is 0 Å². The molecule has 4 heteroatoms. The van der Waals surface area contributed by atoms with Crippen LogP contribution in [0.25, 0.3) is 0 Å². The molecule has 0 saturated heterocycles. The van der Waals surface area contributed by atoms with E-state index in [2.05, 4.69) is 11.5 Å². The maximum absolute atomic E-state index is 13.8. The topological polar surface area (TPSA) is 28.4 Å². The fourth-order valence-corrected chi connectivity index (χ4v) is 2.60. The minimum atomic E-state index is -0.343. The van der Waals surface area contributed by atoms with Gasteiger partial charge in [0, 0.05) is 37.1 Å². The number of aliphatic hydroxyl groups is 1. The van der Waals surface area contributed by atoms with Crippen LogP contribution in [-0.2, 0) is 13.1 Å². The summed E-state index contributed by atoms with van der Waals surface area (Å²) < 4.78 is 15.9. The molecule has 2 rings (SSSR count). The van der Waals surface area contributed by atoms with E-state index in [0.29, 0.717) is 31.7 Å². The fraction of sp³-hybridized carbons (Fsp3) is 0.368. The molecule has 2 aromatic rings. The average Bonchev–Trinajstić information content (AvgIpc) is 2.96. The highest BCUT2D eigenvalue weighted by molar-refractivity contribution is 5.19. The second kappa shape index (κ2) is 8.65. The Hall–Kier alpha value is -1.91. The molecule has 0 fully saturated rings. The summed E-state index contributed by atoms with van der Waals surface area (Å²) in [5.74, 6) is -0.184. The Kier molecular flexibility index (Phi) is 6.56. The first-order chi connectivity index (χ1) is 11.1. The van der Waals surface area contributed by atoms with Crippen molar-refractivity contribution in [1.29, 1.82) is 0 Å². The number of aliphatic hydroxyl groups excluding tert-OH is 1. The lowest BCUT2D eigenvalue weighted by molar-refractivity contribution is 0.111. The molecule has 0 aliphatic heterocycles. The van der Waals surface area contributed by atoms with Crippen LogP contribution < -0.4 is 0 Å².